The average Bonchev–Trinajstić information content (AvgIpc) is 1.96. The van der Waals surface area contributed by atoms with Crippen molar-refractivity contribution in [2.24, 2.45) is 0 Å². The van der Waals surface area contributed by atoms with Crippen molar-refractivity contribution >= 4 is 34.2 Å². The molecule has 0 saturated carbocycles. The van der Waals surface area contributed by atoms with Gasteiger partial charge in [0.05, 0.1) is 0 Å². The molecule has 0 aromatic heterocycles. The smallest absolute Gasteiger partial charge is 0.205 e. The van der Waals surface area contributed by atoms with E-state index >= 15 is 0 Å². The van der Waals surface area contributed by atoms with Gasteiger partial charge in [0.1, 0.15) is 0 Å². The fraction of sp³-hybridized carbons (Fsp3) is 0.250. The molecule has 4 heteroatoms. The van der Waals surface area contributed by atoms with Gasteiger partial charge in [0.15, 0.2) is 0 Å². The molecule has 0 aliphatic rings. The summed E-state index contributed by atoms with van der Waals surface area (Å²) >= 11 is 7.59. The lowest BCUT2D eigenvalue weighted by Gasteiger charge is -2.05. The van der Waals surface area contributed by atoms with E-state index in [1.807, 2.05) is 22.6 Å². The summed E-state index contributed by atoms with van der Waals surface area (Å²) in [6.45, 7) is 1.71. The topological polar surface area (TPSA) is 0 Å². The van der Waals surface area contributed by atoms with Gasteiger partial charge in [-0.3, -0.25) is 0 Å². The molecule has 0 radical (unpaired) electrons. The molecular formula is C8H6ClF2I. The maximum atomic E-state index is 12.3. The molecule has 1 rings (SSSR count). The van der Waals surface area contributed by atoms with Crippen molar-refractivity contribution in [1.29, 1.82) is 0 Å². The van der Waals surface area contributed by atoms with Crippen LogP contribution in [-0.2, 0) is 0 Å². The van der Waals surface area contributed by atoms with Gasteiger partial charge in [-0.2, -0.15) is 0 Å². The van der Waals surface area contributed by atoms with Crippen molar-refractivity contribution in [3.05, 3.63) is 31.9 Å². The summed E-state index contributed by atoms with van der Waals surface area (Å²) < 4.78 is 25.1. The highest BCUT2D eigenvalue weighted by Crippen LogP contribution is 2.29. The number of benzene rings is 1. The minimum Gasteiger partial charge on any atom is -0.205 e. The zero-order valence-corrected chi connectivity index (χ0v) is 9.16. The standard InChI is InChI=1S/C8H6ClF2I/c1-4-2-5(8(10)11)7(12)3-6(4)9/h2-3,8H,1H3. The Bertz CT molecular complexity index is 299. The maximum Gasteiger partial charge on any atom is 0.264 e. The molecule has 0 heterocycles. The third-order valence-electron chi connectivity index (χ3n) is 1.51. The first kappa shape index (κ1) is 10.2. The Balaban J connectivity index is 3.23. The molecule has 0 N–H and O–H groups in total. The quantitative estimate of drug-likeness (QED) is 0.682. The van der Waals surface area contributed by atoms with Crippen LogP contribution in [0.25, 0.3) is 0 Å². The molecule has 1 aromatic rings. The van der Waals surface area contributed by atoms with E-state index in [4.69, 9.17) is 11.6 Å². The predicted octanol–water partition coefficient (Wildman–Crippen LogP) is 4.19. The van der Waals surface area contributed by atoms with Gasteiger partial charge >= 0.3 is 0 Å². The van der Waals surface area contributed by atoms with Crippen LogP contribution in [0.3, 0.4) is 0 Å². The van der Waals surface area contributed by atoms with Gasteiger partial charge in [0.25, 0.3) is 6.43 Å². The van der Waals surface area contributed by atoms with Gasteiger partial charge < -0.3 is 0 Å². The van der Waals surface area contributed by atoms with Crippen molar-refractivity contribution < 1.29 is 8.78 Å². The molecule has 0 atom stereocenters. The van der Waals surface area contributed by atoms with Crippen molar-refractivity contribution in [2.75, 3.05) is 0 Å². The normalized spacial score (nSPS) is 10.8. The molecule has 0 aliphatic heterocycles. The maximum absolute atomic E-state index is 12.3. The Labute approximate surface area is 88.1 Å². The highest BCUT2D eigenvalue weighted by molar-refractivity contribution is 14.1. The summed E-state index contributed by atoms with van der Waals surface area (Å²) in [6, 6.07) is 2.98. The second-order valence-electron chi connectivity index (χ2n) is 2.42. The van der Waals surface area contributed by atoms with Crippen molar-refractivity contribution in [3.63, 3.8) is 0 Å². The van der Waals surface area contributed by atoms with Crippen LogP contribution in [0.15, 0.2) is 12.1 Å². The predicted molar refractivity (Wildman–Crippen MR) is 53.9 cm³/mol. The van der Waals surface area contributed by atoms with Crippen LogP contribution in [0.5, 0.6) is 0 Å². The first-order valence-corrected chi connectivity index (χ1v) is 4.71. The van der Waals surface area contributed by atoms with Crippen LogP contribution in [0, 0.1) is 10.5 Å². The van der Waals surface area contributed by atoms with Gasteiger partial charge in [-0.15, -0.1) is 0 Å². The molecule has 66 valence electrons. The van der Waals surface area contributed by atoms with E-state index in [9.17, 15) is 8.78 Å². The Morgan fingerprint density at radius 1 is 1.42 bits per heavy atom. The number of halogens is 4. The average molecular weight is 302 g/mol. The lowest BCUT2D eigenvalue weighted by Crippen LogP contribution is -1.90. The van der Waals surface area contributed by atoms with Crippen LogP contribution in [0.1, 0.15) is 17.6 Å². The summed E-state index contributed by atoms with van der Waals surface area (Å²) in [7, 11) is 0. The summed E-state index contributed by atoms with van der Waals surface area (Å²) in [5.41, 5.74) is 0.741. The number of alkyl halides is 2. The second-order valence-corrected chi connectivity index (χ2v) is 3.99. The summed E-state index contributed by atoms with van der Waals surface area (Å²) in [4.78, 5) is 0. The van der Waals surface area contributed by atoms with Crippen LogP contribution in [0.4, 0.5) is 8.78 Å². The number of hydrogen-bond acceptors (Lipinski definition) is 0. The molecule has 1 aromatic carbocycles. The molecule has 0 unspecified atom stereocenters. The van der Waals surface area contributed by atoms with Crippen molar-refractivity contribution in [2.45, 2.75) is 13.3 Å². The summed E-state index contributed by atoms with van der Waals surface area (Å²) in [6.07, 6.45) is -2.42. The lowest BCUT2D eigenvalue weighted by molar-refractivity contribution is 0.150. The van der Waals surface area contributed by atoms with Gasteiger partial charge in [-0.25, -0.2) is 8.78 Å². The van der Waals surface area contributed by atoms with Crippen molar-refractivity contribution in [3.8, 4) is 0 Å². The Morgan fingerprint density at radius 3 is 2.50 bits per heavy atom. The first-order chi connectivity index (χ1) is 5.52. The van der Waals surface area contributed by atoms with E-state index in [0.717, 1.165) is 0 Å². The van der Waals surface area contributed by atoms with Crippen LogP contribution in [-0.4, -0.2) is 0 Å². The van der Waals surface area contributed by atoms with Crippen LogP contribution >= 0.6 is 34.2 Å². The number of aryl methyl sites for hydroxylation is 1. The van der Waals surface area contributed by atoms with Crippen LogP contribution in [0.2, 0.25) is 5.02 Å². The van der Waals surface area contributed by atoms with E-state index < -0.39 is 6.43 Å². The van der Waals surface area contributed by atoms with E-state index in [2.05, 4.69) is 0 Å². The van der Waals surface area contributed by atoms with E-state index in [1.54, 1.807) is 13.0 Å². The van der Waals surface area contributed by atoms with Crippen molar-refractivity contribution in [1.82, 2.24) is 0 Å². The third kappa shape index (κ3) is 2.07. The number of rotatable bonds is 1. The van der Waals surface area contributed by atoms with Gasteiger partial charge in [-0.1, -0.05) is 11.6 Å². The molecule has 12 heavy (non-hydrogen) atoms. The zero-order chi connectivity index (χ0) is 9.30. The van der Waals surface area contributed by atoms with E-state index in [0.29, 0.717) is 14.2 Å². The highest BCUT2D eigenvalue weighted by atomic mass is 127. The molecule has 0 spiro atoms. The summed E-state index contributed by atoms with van der Waals surface area (Å²) in [5.74, 6) is 0. The lowest BCUT2D eigenvalue weighted by atomic mass is 10.1. The monoisotopic (exact) mass is 302 g/mol. The second kappa shape index (κ2) is 3.87. The highest BCUT2D eigenvalue weighted by Gasteiger charge is 2.12. The molecule has 0 bridgehead atoms. The zero-order valence-electron chi connectivity index (χ0n) is 6.24. The number of hydrogen-bond donors (Lipinski definition) is 0. The van der Waals surface area contributed by atoms with E-state index in [1.165, 1.54) is 6.07 Å². The van der Waals surface area contributed by atoms with Gasteiger partial charge in [-0.05, 0) is 47.2 Å². The Kier molecular flexibility index (Phi) is 3.29. The molecule has 0 fully saturated rings. The fourth-order valence-corrected chi connectivity index (χ4v) is 1.90. The Hall–Kier alpha value is 0.1000. The molecular weight excluding hydrogens is 296 g/mol. The minimum atomic E-state index is -2.42. The first-order valence-electron chi connectivity index (χ1n) is 3.26. The summed E-state index contributed by atoms with van der Waals surface area (Å²) in [5, 5.41) is 0.531. The largest absolute Gasteiger partial charge is 0.264 e. The fourth-order valence-electron chi connectivity index (χ4n) is 0.847. The molecule has 0 amide bonds. The minimum absolute atomic E-state index is 0.0532. The molecule has 0 saturated heterocycles. The van der Waals surface area contributed by atoms with E-state index in [-0.39, 0.29) is 5.56 Å². The van der Waals surface area contributed by atoms with Gasteiger partial charge in [0, 0.05) is 14.2 Å². The van der Waals surface area contributed by atoms with Gasteiger partial charge in [0.2, 0.25) is 0 Å². The SMILES string of the molecule is Cc1cc(C(F)F)c(I)cc1Cl. The Morgan fingerprint density at radius 2 is 2.00 bits per heavy atom. The molecule has 0 nitrogen and oxygen atoms in total. The molecule has 0 aliphatic carbocycles. The van der Waals surface area contributed by atoms with Crippen LogP contribution < -0.4 is 0 Å². The third-order valence-corrected chi connectivity index (χ3v) is 2.85.